The Hall–Kier alpha value is -3.46. The number of nitrogens with zero attached hydrogens (tertiary/aromatic N) is 4. The first-order valence-electron chi connectivity index (χ1n) is 8.75. The Labute approximate surface area is 171 Å². The topological polar surface area (TPSA) is 130 Å². The molecule has 3 rings (SSSR count). The number of aromatic hydroxyl groups is 1. The van der Waals surface area contributed by atoms with Crippen molar-refractivity contribution in [1.29, 1.82) is 0 Å². The maximum Gasteiger partial charge on any atom is 0.322 e. The lowest BCUT2D eigenvalue weighted by atomic mass is 10.1. The fourth-order valence-electron chi connectivity index (χ4n) is 2.83. The number of aromatic nitrogens is 4. The van der Waals surface area contributed by atoms with Crippen molar-refractivity contribution in [3.63, 3.8) is 0 Å². The number of aliphatic carboxylic acids is 1. The van der Waals surface area contributed by atoms with Crippen molar-refractivity contribution in [2.45, 2.75) is 19.4 Å². The number of carboxylic acids is 1. The lowest BCUT2D eigenvalue weighted by Crippen LogP contribution is -2.29. The fourth-order valence-corrected chi connectivity index (χ4v) is 2.96. The fraction of sp³-hybridized carbons (Fsp3) is 0.211. The first-order chi connectivity index (χ1) is 13.9. The van der Waals surface area contributed by atoms with Gasteiger partial charge in [0.25, 0.3) is 5.91 Å². The summed E-state index contributed by atoms with van der Waals surface area (Å²) in [6, 6.07) is 8.77. The summed E-state index contributed by atoms with van der Waals surface area (Å²) in [7, 11) is 0. The third kappa shape index (κ3) is 4.69. The predicted molar refractivity (Wildman–Crippen MR) is 105 cm³/mol. The molecule has 0 saturated carbocycles. The Morgan fingerprint density at radius 3 is 2.62 bits per heavy atom. The maximum atomic E-state index is 11.9. The zero-order chi connectivity index (χ0) is 21.0. The van der Waals surface area contributed by atoms with Gasteiger partial charge in [0.2, 0.25) is 0 Å². The standard InChI is InChI=1S/C19H18ClN5O4/c1-2-15(11-3-5-13(20)6-4-11)25-10-14(23-24-25)12-7-16(26)18(21-8-12)19(29)22-9-17(27)28/h3-8,10,15,26H,2,9H2,1H3,(H,22,29)(H,27,28). The summed E-state index contributed by atoms with van der Waals surface area (Å²) in [5.74, 6) is -2.36. The van der Waals surface area contributed by atoms with E-state index in [1.54, 1.807) is 10.9 Å². The zero-order valence-electron chi connectivity index (χ0n) is 15.4. The van der Waals surface area contributed by atoms with Crippen LogP contribution >= 0.6 is 11.6 Å². The molecule has 2 heterocycles. The highest BCUT2D eigenvalue weighted by atomic mass is 35.5. The van der Waals surface area contributed by atoms with E-state index in [0.717, 1.165) is 12.0 Å². The van der Waals surface area contributed by atoms with Gasteiger partial charge < -0.3 is 15.5 Å². The third-order valence-corrected chi connectivity index (χ3v) is 4.50. The number of pyridine rings is 1. The number of amides is 1. The highest BCUT2D eigenvalue weighted by molar-refractivity contribution is 6.30. The molecule has 9 nitrogen and oxygen atoms in total. The van der Waals surface area contributed by atoms with Gasteiger partial charge in [0.05, 0.1) is 12.2 Å². The summed E-state index contributed by atoms with van der Waals surface area (Å²) in [6.07, 6.45) is 3.87. The molecule has 0 saturated heterocycles. The minimum atomic E-state index is -1.20. The van der Waals surface area contributed by atoms with Crippen molar-refractivity contribution in [2.24, 2.45) is 0 Å². The number of halogens is 1. The van der Waals surface area contributed by atoms with Crippen LogP contribution < -0.4 is 5.32 Å². The van der Waals surface area contributed by atoms with Crippen molar-refractivity contribution in [2.75, 3.05) is 6.54 Å². The SMILES string of the molecule is CCC(c1ccc(Cl)cc1)n1cc(-c2cnc(C(=O)NCC(=O)O)c(O)c2)nn1. The van der Waals surface area contributed by atoms with Crippen LogP contribution in [0.1, 0.15) is 35.4 Å². The Balaban J connectivity index is 1.82. The molecular weight excluding hydrogens is 398 g/mol. The minimum absolute atomic E-state index is 0.0452. The number of carboxylic acid groups (broad SMARTS) is 1. The third-order valence-electron chi connectivity index (χ3n) is 4.25. The molecule has 2 aromatic heterocycles. The monoisotopic (exact) mass is 415 g/mol. The van der Waals surface area contributed by atoms with Gasteiger partial charge in [0.1, 0.15) is 18.0 Å². The Morgan fingerprint density at radius 1 is 1.28 bits per heavy atom. The smallest absolute Gasteiger partial charge is 0.322 e. The zero-order valence-corrected chi connectivity index (χ0v) is 16.2. The Morgan fingerprint density at radius 2 is 2.00 bits per heavy atom. The van der Waals surface area contributed by atoms with Crippen molar-refractivity contribution in [3.8, 4) is 17.0 Å². The van der Waals surface area contributed by atoms with E-state index in [4.69, 9.17) is 16.7 Å². The molecule has 3 aromatic rings. The molecule has 1 unspecified atom stereocenters. The first-order valence-corrected chi connectivity index (χ1v) is 9.13. The van der Waals surface area contributed by atoms with Gasteiger partial charge in [-0.3, -0.25) is 9.59 Å². The van der Waals surface area contributed by atoms with E-state index in [1.165, 1.54) is 12.3 Å². The molecule has 1 atom stereocenters. The summed E-state index contributed by atoms with van der Waals surface area (Å²) < 4.78 is 1.71. The number of rotatable bonds is 7. The normalized spacial score (nSPS) is 11.8. The lowest BCUT2D eigenvalue weighted by Gasteiger charge is -2.15. The summed E-state index contributed by atoms with van der Waals surface area (Å²) in [4.78, 5) is 26.4. The van der Waals surface area contributed by atoms with Crippen molar-refractivity contribution < 1.29 is 19.8 Å². The molecular formula is C19H18ClN5O4. The average Bonchev–Trinajstić information content (AvgIpc) is 3.18. The highest BCUT2D eigenvalue weighted by Gasteiger charge is 2.18. The maximum absolute atomic E-state index is 11.9. The van der Waals surface area contributed by atoms with Crippen LogP contribution in [-0.4, -0.2) is 48.6 Å². The molecule has 150 valence electrons. The molecule has 0 spiro atoms. The van der Waals surface area contributed by atoms with Gasteiger partial charge in [-0.1, -0.05) is 35.9 Å². The molecule has 1 amide bonds. The molecule has 0 bridgehead atoms. The number of hydrogen-bond acceptors (Lipinski definition) is 6. The van der Waals surface area contributed by atoms with Crippen molar-refractivity contribution >= 4 is 23.5 Å². The van der Waals surface area contributed by atoms with E-state index in [-0.39, 0.29) is 17.5 Å². The van der Waals surface area contributed by atoms with Gasteiger partial charge in [-0.15, -0.1) is 5.10 Å². The second-order valence-electron chi connectivity index (χ2n) is 6.23. The Kier molecular flexibility index (Phi) is 6.08. The molecule has 29 heavy (non-hydrogen) atoms. The van der Waals surface area contributed by atoms with Crippen LogP contribution in [0.25, 0.3) is 11.3 Å². The predicted octanol–water partition coefficient (Wildman–Crippen LogP) is 2.51. The molecule has 1 aromatic carbocycles. The van der Waals surface area contributed by atoms with Gasteiger partial charge in [-0.2, -0.15) is 0 Å². The summed E-state index contributed by atoms with van der Waals surface area (Å²) >= 11 is 5.95. The van der Waals surface area contributed by atoms with Gasteiger partial charge in [-0.05, 0) is 30.2 Å². The molecule has 0 aliphatic heterocycles. The number of carbonyl (C=O) groups is 2. The van der Waals surface area contributed by atoms with Gasteiger partial charge in [-0.25, -0.2) is 9.67 Å². The molecule has 0 aliphatic carbocycles. The van der Waals surface area contributed by atoms with Crippen LogP contribution in [0.4, 0.5) is 0 Å². The summed E-state index contributed by atoms with van der Waals surface area (Å²) in [5.41, 5.74) is 1.70. The second kappa shape index (κ2) is 8.70. The van der Waals surface area contributed by atoms with Crippen LogP contribution in [0.3, 0.4) is 0 Å². The lowest BCUT2D eigenvalue weighted by molar-refractivity contribution is -0.135. The Bertz CT molecular complexity index is 1040. The van der Waals surface area contributed by atoms with Crippen LogP contribution in [0.15, 0.2) is 42.7 Å². The number of benzene rings is 1. The van der Waals surface area contributed by atoms with Crippen LogP contribution in [0.5, 0.6) is 5.75 Å². The molecule has 10 heteroatoms. The van der Waals surface area contributed by atoms with E-state index < -0.39 is 18.4 Å². The van der Waals surface area contributed by atoms with Gasteiger partial charge >= 0.3 is 5.97 Å². The molecule has 3 N–H and O–H groups in total. The molecule has 0 aliphatic rings. The summed E-state index contributed by atoms with van der Waals surface area (Å²) in [5, 5.41) is 29.8. The van der Waals surface area contributed by atoms with E-state index in [0.29, 0.717) is 16.3 Å². The van der Waals surface area contributed by atoms with Crippen LogP contribution in [-0.2, 0) is 4.79 Å². The van der Waals surface area contributed by atoms with E-state index in [9.17, 15) is 14.7 Å². The number of nitrogens with one attached hydrogen (secondary N) is 1. The van der Waals surface area contributed by atoms with E-state index in [2.05, 4.69) is 20.6 Å². The first kappa shape index (κ1) is 20.3. The van der Waals surface area contributed by atoms with Crippen LogP contribution in [0.2, 0.25) is 5.02 Å². The van der Waals surface area contributed by atoms with Crippen molar-refractivity contribution in [3.05, 3.63) is 59.0 Å². The highest BCUT2D eigenvalue weighted by Crippen LogP contribution is 2.27. The van der Waals surface area contributed by atoms with Crippen LogP contribution in [0, 0.1) is 0 Å². The average molecular weight is 416 g/mol. The molecule has 0 fully saturated rings. The quantitative estimate of drug-likeness (QED) is 0.540. The molecule has 0 radical (unpaired) electrons. The van der Waals surface area contributed by atoms with Gasteiger partial charge in [0, 0.05) is 16.8 Å². The number of hydrogen-bond donors (Lipinski definition) is 3. The van der Waals surface area contributed by atoms with E-state index >= 15 is 0 Å². The summed E-state index contributed by atoms with van der Waals surface area (Å²) in [6.45, 7) is 1.46. The minimum Gasteiger partial charge on any atom is -0.505 e. The van der Waals surface area contributed by atoms with E-state index in [1.807, 2.05) is 31.2 Å². The second-order valence-corrected chi connectivity index (χ2v) is 6.66. The van der Waals surface area contributed by atoms with Crippen molar-refractivity contribution in [1.82, 2.24) is 25.3 Å². The largest absolute Gasteiger partial charge is 0.505 e. The number of carbonyl (C=O) groups excluding carboxylic acids is 1. The van der Waals surface area contributed by atoms with Gasteiger partial charge in [0.15, 0.2) is 5.69 Å².